The number of amides is 1. The average molecular weight is 342 g/mol. The highest BCUT2D eigenvalue weighted by atomic mass is 16.1. The Bertz CT molecular complexity index is 988. The van der Waals surface area contributed by atoms with Crippen molar-refractivity contribution >= 4 is 23.0 Å². The summed E-state index contributed by atoms with van der Waals surface area (Å²) in [4.78, 5) is 16.6. The highest BCUT2D eigenvalue weighted by Gasteiger charge is 2.08. The van der Waals surface area contributed by atoms with Gasteiger partial charge >= 0.3 is 0 Å². The van der Waals surface area contributed by atoms with Crippen LogP contribution in [0.1, 0.15) is 27.0 Å². The Morgan fingerprint density at radius 3 is 2.35 bits per heavy atom. The van der Waals surface area contributed by atoms with Gasteiger partial charge in [0.15, 0.2) is 0 Å². The second kappa shape index (κ2) is 7.49. The Balaban J connectivity index is 1.74. The molecule has 0 saturated heterocycles. The minimum Gasteiger partial charge on any atom is -0.354 e. The van der Waals surface area contributed by atoms with Gasteiger partial charge in [-0.1, -0.05) is 6.07 Å². The minimum absolute atomic E-state index is 0.218. The van der Waals surface area contributed by atoms with Crippen LogP contribution in [0.2, 0.25) is 0 Å². The van der Waals surface area contributed by atoms with Crippen molar-refractivity contribution in [3.05, 3.63) is 83.2 Å². The highest BCUT2D eigenvalue weighted by molar-refractivity contribution is 6.04. The summed E-state index contributed by atoms with van der Waals surface area (Å²) in [6, 6.07) is 16.7. The van der Waals surface area contributed by atoms with Gasteiger partial charge < -0.3 is 10.6 Å². The van der Waals surface area contributed by atoms with Crippen LogP contribution in [-0.2, 0) is 0 Å². The molecule has 0 aliphatic carbocycles. The first-order valence-corrected chi connectivity index (χ1v) is 8.16. The van der Waals surface area contributed by atoms with Crippen LogP contribution in [0.25, 0.3) is 0 Å². The largest absolute Gasteiger partial charge is 0.354 e. The van der Waals surface area contributed by atoms with Crippen LogP contribution < -0.4 is 10.6 Å². The first-order chi connectivity index (χ1) is 12.5. The number of hydrogen-bond donors (Lipinski definition) is 2. The molecule has 0 aliphatic rings. The van der Waals surface area contributed by atoms with Crippen molar-refractivity contribution in [3.63, 3.8) is 0 Å². The summed E-state index contributed by atoms with van der Waals surface area (Å²) < 4.78 is 0. The topological polar surface area (TPSA) is 77.8 Å². The molecule has 1 aromatic heterocycles. The molecule has 3 aromatic rings. The summed E-state index contributed by atoms with van der Waals surface area (Å²) >= 11 is 0. The number of nitrogens with one attached hydrogen (secondary N) is 2. The van der Waals surface area contributed by atoms with Gasteiger partial charge in [0.25, 0.3) is 5.91 Å². The predicted octanol–water partition coefficient (Wildman–Crippen LogP) is 4.57. The molecule has 0 bridgehead atoms. The van der Waals surface area contributed by atoms with Gasteiger partial charge in [0, 0.05) is 17.6 Å². The van der Waals surface area contributed by atoms with E-state index in [2.05, 4.69) is 21.7 Å². The van der Waals surface area contributed by atoms with Gasteiger partial charge in [0.05, 0.1) is 29.1 Å². The standard InChI is InChI=1S/C21H18N4O/c1-14-3-6-19(9-15(14)2)25-21(26)17-10-20(13-23-12-17)24-18-7-4-16(11-22)5-8-18/h3-10,12-13,24H,1-2H3,(H,25,26). The van der Waals surface area contributed by atoms with Crippen LogP contribution in [0.3, 0.4) is 0 Å². The smallest absolute Gasteiger partial charge is 0.257 e. The molecule has 2 aromatic carbocycles. The van der Waals surface area contributed by atoms with Crippen molar-refractivity contribution in [2.75, 3.05) is 10.6 Å². The van der Waals surface area contributed by atoms with Gasteiger partial charge in [-0.05, 0) is 67.4 Å². The van der Waals surface area contributed by atoms with Crippen molar-refractivity contribution in [2.24, 2.45) is 0 Å². The van der Waals surface area contributed by atoms with Crippen LogP contribution in [0.5, 0.6) is 0 Å². The first-order valence-electron chi connectivity index (χ1n) is 8.16. The lowest BCUT2D eigenvalue weighted by Gasteiger charge is -2.10. The Kier molecular flexibility index (Phi) is 4.95. The summed E-state index contributed by atoms with van der Waals surface area (Å²) in [7, 11) is 0. The normalized spacial score (nSPS) is 10.0. The summed E-state index contributed by atoms with van der Waals surface area (Å²) in [5.41, 5.74) is 5.62. The van der Waals surface area contributed by atoms with Gasteiger partial charge in [-0.2, -0.15) is 5.26 Å². The fourth-order valence-electron chi connectivity index (χ4n) is 2.45. The lowest BCUT2D eigenvalue weighted by atomic mass is 10.1. The number of carbonyl (C=O) groups is 1. The van der Waals surface area contributed by atoms with Crippen LogP contribution in [0.15, 0.2) is 60.9 Å². The van der Waals surface area contributed by atoms with E-state index in [4.69, 9.17) is 5.26 Å². The van der Waals surface area contributed by atoms with Crippen LogP contribution in [-0.4, -0.2) is 10.9 Å². The molecule has 0 radical (unpaired) electrons. The quantitative estimate of drug-likeness (QED) is 0.728. The molecule has 26 heavy (non-hydrogen) atoms. The Labute approximate surface area is 152 Å². The summed E-state index contributed by atoms with van der Waals surface area (Å²) in [5, 5.41) is 14.9. The summed E-state index contributed by atoms with van der Waals surface area (Å²) in [5.74, 6) is -0.218. The lowest BCUT2D eigenvalue weighted by molar-refractivity contribution is 0.102. The molecule has 0 unspecified atom stereocenters. The molecule has 0 spiro atoms. The zero-order valence-electron chi connectivity index (χ0n) is 14.6. The van der Waals surface area contributed by atoms with E-state index in [0.29, 0.717) is 16.8 Å². The molecule has 5 heteroatoms. The van der Waals surface area contributed by atoms with Gasteiger partial charge in [-0.3, -0.25) is 9.78 Å². The Morgan fingerprint density at radius 1 is 0.923 bits per heavy atom. The molecule has 1 heterocycles. The molecule has 128 valence electrons. The highest BCUT2D eigenvalue weighted by Crippen LogP contribution is 2.19. The number of pyridine rings is 1. The summed E-state index contributed by atoms with van der Waals surface area (Å²) in [6.45, 7) is 4.04. The third-order valence-electron chi connectivity index (χ3n) is 4.07. The number of nitrogens with zero attached hydrogens (tertiary/aromatic N) is 2. The van der Waals surface area contributed by atoms with E-state index in [1.165, 1.54) is 11.8 Å². The summed E-state index contributed by atoms with van der Waals surface area (Å²) in [6.07, 6.45) is 3.17. The molecule has 2 N–H and O–H groups in total. The molecule has 0 atom stereocenters. The molecule has 1 amide bonds. The molecule has 0 saturated carbocycles. The van der Waals surface area contributed by atoms with Gasteiger partial charge in [0.1, 0.15) is 0 Å². The Hall–Kier alpha value is -3.65. The number of hydrogen-bond acceptors (Lipinski definition) is 4. The first kappa shape index (κ1) is 17.2. The number of benzene rings is 2. The minimum atomic E-state index is -0.218. The number of rotatable bonds is 4. The Morgan fingerprint density at radius 2 is 1.65 bits per heavy atom. The zero-order valence-corrected chi connectivity index (χ0v) is 14.6. The number of aromatic nitrogens is 1. The molecule has 0 aliphatic heterocycles. The number of aryl methyl sites for hydroxylation is 2. The maximum atomic E-state index is 12.5. The number of carbonyl (C=O) groups excluding carboxylic acids is 1. The fourth-order valence-corrected chi connectivity index (χ4v) is 2.45. The van der Waals surface area contributed by atoms with E-state index in [0.717, 1.165) is 16.9 Å². The van der Waals surface area contributed by atoms with Crippen molar-refractivity contribution < 1.29 is 4.79 Å². The van der Waals surface area contributed by atoms with E-state index in [-0.39, 0.29) is 5.91 Å². The van der Waals surface area contributed by atoms with E-state index in [1.807, 2.05) is 32.0 Å². The van der Waals surface area contributed by atoms with Crippen LogP contribution >= 0.6 is 0 Å². The monoisotopic (exact) mass is 342 g/mol. The lowest BCUT2D eigenvalue weighted by Crippen LogP contribution is -2.12. The predicted molar refractivity (Wildman–Crippen MR) is 103 cm³/mol. The zero-order chi connectivity index (χ0) is 18.5. The third kappa shape index (κ3) is 4.05. The van der Waals surface area contributed by atoms with Crippen molar-refractivity contribution in [1.82, 2.24) is 4.98 Å². The molecular formula is C21H18N4O. The van der Waals surface area contributed by atoms with Crippen molar-refractivity contribution in [3.8, 4) is 6.07 Å². The van der Waals surface area contributed by atoms with E-state index >= 15 is 0 Å². The van der Waals surface area contributed by atoms with Gasteiger partial charge in [0.2, 0.25) is 0 Å². The maximum Gasteiger partial charge on any atom is 0.257 e. The number of anilines is 3. The third-order valence-corrected chi connectivity index (χ3v) is 4.07. The molecule has 0 fully saturated rings. The molecule has 5 nitrogen and oxygen atoms in total. The van der Waals surface area contributed by atoms with E-state index in [9.17, 15) is 4.79 Å². The van der Waals surface area contributed by atoms with Gasteiger partial charge in [-0.15, -0.1) is 0 Å². The van der Waals surface area contributed by atoms with Crippen LogP contribution in [0, 0.1) is 25.2 Å². The van der Waals surface area contributed by atoms with Crippen molar-refractivity contribution in [2.45, 2.75) is 13.8 Å². The van der Waals surface area contributed by atoms with E-state index < -0.39 is 0 Å². The van der Waals surface area contributed by atoms with Gasteiger partial charge in [-0.25, -0.2) is 0 Å². The second-order valence-electron chi connectivity index (χ2n) is 6.03. The second-order valence-corrected chi connectivity index (χ2v) is 6.03. The SMILES string of the molecule is Cc1ccc(NC(=O)c2cncc(Nc3ccc(C#N)cc3)c2)cc1C. The number of nitriles is 1. The van der Waals surface area contributed by atoms with Crippen molar-refractivity contribution in [1.29, 1.82) is 5.26 Å². The molecule has 3 rings (SSSR count). The average Bonchev–Trinajstić information content (AvgIpc) is 2.65. The van der Waals surface area contributed by atoms with E-state index in [1.54, 1.807) is 36.5 Å². The van der Waals surface area contributed by atoms with Crippen LogP contribution in [0.4, 0.5) is 17.1 Å². The molecular weight excluding hydrogens is 324 g/mol. The maximum absolute atomic E-state index is 12.5. The fraction of sp³-hybridized carbons (Fsp3) is 0.0952.